The van der Waals surface area contributed by atoms with Crippen LogP contribution in [0.5, 0.6) is 11.5 Å². The number of nitrogens with one attached hydrogen (secondary N) is 2. The van der Waals surface area contributed by atoms with Gasteiger partial charge in [0.15, 0.2) is 18.1 Å². The van der Waals surface area contributed by atoms with Crippen molar-refractivity contribution in [1.82, 2.24) is 0 Å². The van der Waals surface area contributed by atoms with Gasteiger partial charge in [0.2, 0.25) is 5.91 Å². The minimum absolute atomic E-state index is 0.0180. The number of hydrogen-bond donors (Lipinski definition) is 2. The Kier molecular flexibility index (Phi) is 4.65. The van der Waals surface area contributed by atoms with Crippen LogP contribution in [-0.2, 0) is 16.0 Å². The Labute approximate surface area is 139 Å². The van der Waals surface area contributed by atoms with Crippen LogP contribution in [0.3, 0.4) is 0 Å². The number of fused-ring (bicyclic) bond motifs is 1. The smallest absolute Gasteiger partial charge is 0.262 e. The van der Waals surface area contributed by atoms with Gasteiger partial charge in [0.1, 0.15) is 0 Å². The van der Waals surface area contributed by atoms with Gasteiger partial charge in [-0.3, -0.25) is 9.59 Å². The van der Waals surface area contributed by atoms with E-state index in [4.69, 9.17) is 9.47 Å². The molecule has 6 heteroatoms. The van der Waals surface area contributed by atoms with Gasteiger partial charge in [-0.15, -0.1) is 0 Å². The lowest BCUT2D eigenvalue weighted by Gasteiger charge is -2.17. The third kappa shape index (κ3) is 3.65. The molecule has 2 aromatic rings. The Bertz CT molecular complexity index is 773. The van der Waals surface area contributed by atoms with Gasteiger partial charge in [-0.05, 0) is 42.3 Å². The quantitative estimate of drug-likeness (QED) is 0.885. The van der Waals surface area contributed by atoms with Gasteiger partial charge in [0.05, 0.1) is 7.11 Å². The maximum absolute atomic E-state index is 12.1. The molecule has 0 aromatic heterocycles. The fourth-order valence-corrected chi connectivity index (χ4v) is 2.54. The zero-order chi connectivity index (χ0) is 16.9. The predicted molar refractivity (Wildman–Crippen MR) is 90.5 cm³/mol. The normalized spacial score (nSPS) is 12.8. The van der Waals surface area contributed by atoms with Gasteiger partial charge < -0.3 is 20.1 Å². The second kappa shape index (κ2) is 7.04. The van der Waals surface area contributed by atoms with Crippen LogP contribution in [-0.4, -0.2) is 25.5 Å². The van der Waals surface area contributed by atoms with Gasteiger partial charge in [-0.2, -0.15) is 0 Å². The van der Waals surface area contributed by atoms with Crippen LogP contribution in [0, 0.1) is 0 Å². The number of amides is 2. The van der Waals surface area contributed by atoms with E-state index in [1.807, 2.05) is 18.2 Å². The summed E-state index contributed by atoms with van der Waals surface area (Å²) in [6.45, 7) is -0.117. The Morgan fingerprint density at radius 2 is 1.96 bits per heavy atom. The highest BCUT2D eigenvalue weighted by molar-refractivity contribution is 5.96. The molecule has 1 heterocycles. The van der Waals surface area contributed by atoms with E-state index in [1.54, 1.807) is 31.4 Å². The Hall–Kier alpha value is -3.02. The van der Waals surface area contributed by atoms with Crippen LogP contribution in [0.4, 0.5) is 11.4 Å². The average molecular weight is 326 g/mol. The average Bonchev–Trinajstić information content (AvgIpc) is 2.60. The van der Waals surface area contributed by atoms with E-state index in [2.05, 4.69) is 10.6 Å². The zero-order valence-electron chi connectivity index (χ0n) is 13.3. The van der Waals surface area contributed by atoms with Crippen LogP contribution >= 0.6 is 0 Å². The lowest BCUT2D eigenvalue weighted by atomic mass is 10.0. The molecule has 3 rings (SSSR count). The van der Waals surface area contributed by atoms with Gasteiger partial charge in [0, 0.05) is 17.8 Å². The molecule has 0 unspecified atom stereocenters. The number of rotatable bonds is 5. The van der Waals surface area contributed by atoms with Crippen LogP contribution in [0.1, 0.15) is 12.0 Å². The number of para-hydroxylation sites is 2. The van der Waals surface area contributed by atoms with Crippen molar-refractivity contribution in [3.8, 4) is 11.5 Å². The van der Waals surface area contributed by atoms with E-state index in [0.717, 1.165) is 11.3 Å². The molecule has 0 saturated heterocycles. The van der Waals surface area contributed by atoms with Gasteiger partial charge in [-0.1, -0.05) is 12.1 Å². The summed E-state index contributed by atoms with van der Waals surface area (Å²) in [5, 5.41) is 5.60. The number of benzene rings is 2. The first-order valence-electron chi connectivity index (χ1n) is 7.64. The molecule has 0 atom stereocenters. The molecule has 0 saturated carbocycles. The third-order valence-electron chi connectivity index (χ3n) is 3.71. The lowest BCUT2D eigenvalue weighted by Crippen LogP contribution is -2.22. The number of ether oxygens (including phenoxy) is 2. The largest absolute Gasteiger partial charge is 0.493 e. The van der Waals surface area contributed by atoms with Crippen molar-refractivity contribution in [2.45, 2.75) is 12.8 Å². The Morgan fingerprint density at radius 1 is 1.17 bits per heavy atom. The SMILES string of the molecule is COc1ccccc1OCC(=O)Nc1ccc2c(c1)CCC(=O)N2. The number of carbonyl (C=O) groups excluding carboxylic acids is 2. The van der Waals surface area contributed by atoms with Crippen molar-refractivity contribution < 1.29 is 19.1 Å². The van der Waals surface area contributed by atoms with Gasteiger partial charge in [0.25, 0.3) is 5.91 Å². The molecular weight excluding hydrogens is 308 g/mol. The molecule has 0 spiro atoms. The standard InChI is InChI=1S/C18H18N2O4/c1-23-15-4-2-3-5-16(15)24-11-18(22)19-13-7-8-14-12(10-13)6-9-17(21)20-14/h2-5,7-8,10H,6,9,11H2,1H3,(H,19,22)(H,20,21). The van der Waals surface area contributed by atoms with E-state index in [9.17, 15) is 9.59 Å². The van der Waals surface area contributed by atoms with Crippen LogP contribution in [0.2, 0.25) is 0 Å². The van der Waals surface area contributed by atoms with E-state index >= 15 is 0 Å². The summed E-state index contributed by atoms with van der Waals surface area (Å²) in [6.07, 6.45) is 1.13. The molecule has 2 aromatic carbocycles. The fourth-order valence-electron chi connectivity index (χ4n) is 2.54. The van der Waals surface area contributed by atoms with E-state index in [-0.39, 0.29) is 18.4 Å². The Balaban J connectivity index is 1.60. The second-order valence-corrected chi connectivity index (χ2v) is 5.41. The molecule has 0 fully saturated rings. The topological polar surface area (TPSA) is 76.7 Å². The molecular formula is C18H18N2O4. The molecule has 0 aliphatic carbocycles. The number of methoxy groups -OCH3 is 1. The molecule has 2 N–H and O–H groups in total. The summed E-state index contributed by atoms with van der Waals surface area (Å²) in [4.78, 5) is 23.4. The highest BCUT2D eigenvalue weighted by atomic mass is 16.5. The predicted octanol–water partition coefficient (Wildman–Crippen LogP) is 2.60. The van der Waals surface area contributed by atoms with Crippen molar-refractivity contribution in [2.24, 2.45) is 0 Å². The fraction of sp³-hybridized carbons (Fsp3) is 0.222. The third-order valence-corrected chi connectivity index (χ3v) is 3.71. The molecule has 1 aliphatic heterocycles. The van der Waals surface area contributed by atoms with E-state index in [0.29, 0.717) is 30.0 Å². The highest BCUT2D eigenvalue weighted by Gasteiger charge is 2.15. The summed E-state index contributed by atoms with van der Waals surface area (Å²) in [5.41, 5.74) is 2.49. The van der Waals surface area contributed by atoms with Gasteiger partial charge >= 0.3 is 0 Å². The monoisotopic (exact) mass is 326 g/mol. The molecule has 124 valence electrons. The molecule has 24 heavy (non-hydrogen) atoms. The van der Waals surface area contributed by atoms with Crippen molar-refractivity contribution >= 4 is 23.2 Å². The minimum atomic E-state index is -0.263. The second-order valence-electron chi connectivity index (χ2n) is 5.41. The summed E-state index contributed by atoms with van der Waals surface area (Å²) >= 11 is 0. The molecule has 0 radical (unpaired) electrons. The van der Waals surface area contributed by atoms with Crippen molar-refractivity contribution in [3.63, 3.8) is 0 Å². The van der Waals surface area contributed by atoms with Gasteiger partial charge in [-0.25, -0.2) is 0 Å². The first-order valence-corrected chi connectivity index (χ1v) is 7.64. The molecule has 2 amide bonds. The molecule has 1 aliphatic rings. The van der Waals surface area contributed by atoms with Crippen LogP contribution in [0.15, 0.2) is 42.5 Å². The number of carbonyl (C=O) groups is 2. The maximum Gasteiger partial charge on any atom is 0.262 e. The van der Waals surface area contributed by atoms with Crippen molar-refractivity contribution in [2.75, 3.05) is 24.4 Å². The van der Waals surface area contributed by atoms with E-state index < -0.39 is 0 Å². The summed E-state index contributed by atoms with van der Waals surface area (Å²) in [6, 6.07) is 12.6. The van der Waals surface area contributed by atoms with Crippen molar-refractivity contribution in [3.05, 3.63) is 48.0 Å². The number of aryl methyl sites for hydroxylation is 1. The lowest BCUT2D eigenvalue weighted by molar-refractivity contribution is -0.118. The highest BCUT2D eigenvalue weighted by Crippen LogP contribution is 2.27. The Morgan fingerprint density at radius 3 is 2.75 bits per heavy atom. The molecule has 6 nitrogen and oxygen atoms in total. The first-order chi connectivity index (χ1) is 11.7. The summed E-state index contributed by atoms with van der Waals surface area (Å²) < 4.78 is 10.7. The first kappa shape index (κ1) is 15.9. The zero-order valence-corrected chi connectivity index (χ0v) is 13.3. The minimum Gasteiger partial charge on any atom is -0.493 e. The maximum atomic E-state index is 12.1. The number of hydrogen-bond acceptors (Lipinski definition) is 4. The van der Waals surface area contributed by atoms with E-state index in [1.165, 1.54) is 0 Å². The number of anilines is 2. The summed E-state index contributed by atoms with van der Waals surface area (Å²) in [7, 11) is 1.55. The molecule has 0 bridgehead atoms. The summed E-state index contributed by atoms with van der Waals surface area (Å²) in [5.74, 6) is 0.850. The van der Waals surface area contributed by atoms with Crippen LogP contribution < -0.4 is 20.1 Å². The van der Waals surface area contributed by atoms with Crippen molar-refractivity contribution in [1.29, 1.82) is 0 Å². The van der Waals surface area contributed by atoms with Crippen LogP contribution in [0.25, 0.3) is 0 Å².